The average molecular weight is 406 g/mol. The first kappa shape index (κ1) is 27.6. The average Bonchev–Trinajstić information content (AvgIpc) is 2.69. The van der Waals surface area contributed by atoms with Crippen LogP contribution in [0.2, 0.25) is 0 Å². The van der Waals surface area contributed by atoms with Crippen molar-refractivity contribution >= 4 is 5.97 Å². The second-order valence-electron chi connectivity index (χ2n) is 8.79. The van der Waals surface area contributed by atoms with E-state index in [1.54, 1.807) is 12.1 Å². The monoisotopic (exact) mass is 405 g/mol. The predicted octanol–water partition coefficient (Wildman–Crippen LogP) is 5.70. The highest BCUT2D eigenvalue weighted by Gasteiger charge is 1.96. The first-order valence-corrected chi connectivity index (χ1v) is 12.0. The van der Waals surface area contributed by atoms with Gasteiger partial charge in [0.2, 0.25) is 0 Å². The van der Waals surface area contributed by atoms with Gasteiger partial charge in [-0.25, -0.2) is 0 Å². The van der Waals surface area contributed by atoms with Gasteiger partial charge in [-0.15, -0.1) is 0 Å². The SMILES string of the molecule is CC(C)CCCCCCCCCCCCCCC[NH3+].Cc1ccc(C(=O)[O-])cc1. The molecule has 3 nitrogen and oxygen atoms in total. The molecule has 1 aromatic carbocycles. The Morgan fingerprint density at radius 2 is 1.14 bits per heavy atom. The fourth-order valence-corrected chi connectivity index (χ4v) is 3.36. The number of hydrogen-bond donors (Lipinski definition) is 1. The molecule has 0 aliphatic carbocycles. The molecule has 0 radical (unpaired) electrons. The van der Waals surface area contributed by atoms with Crippen molar-refractivity contribution in [2.24, 2.45) is 5.92 Å². The van der Waals surface area contributed by atoms with Gasteiger partial charge in [-0.1, -0.05) is 121 Å². The molecule has 168 valence electrons. The molecule has 0 aromatic heterocycles. The summed E-state index contributed by atoms with van der Waals surface area (Å²) in [5.74, 6) is -0.228. The van der Waals surface area contributed by atoms with Gasteiger partial charge in [0.05, 0.1) is 12.5 Å². The molecule has 1 aromatic rings. The Bertz CT molecular complexity index is 482. The van der Waals surface area contributed by atoms with Crippen LogP contribution in [-0.2, 0) is 0 Å². The lowest BCUT2D eigenvalue weighted by Crippen LogP contribution is -2.50. The van der Waals surface area contributed by atoms with Crippen LogP contribution in [0.3, 0.4) is 0 Å². The van der Waals surface area contributed by atoms with Gasteiger partial charge in [-0.2, -0.15) is 0 Å². The molecule has 1 rings (SSSR count). The fourth-order valence-electron chi connectivity index (χ4n) is 3.36. The maximum Gasteiger partial charge on any atom is 0.0739 e. The zero-order valence-corrected chi connectivity index (χ0v) is 19.5. The molecule has 0 saturated carbocycles. The lowest BCUT2D eigenvalue weighted by atomic mass is 10.0. The normalized spacial score (nSPS) is 10.7. The van der Waals surface area contributed by atoms with E-state index in [1.165, 1.54) is 102 Å². The summed E-state index contributed by atoms with van der Waals surface area (Å²) < 4.78 is 0. The molecule has 0 unspecified atom stereocenters. The van der Waals surface area contributed by atoms with Crippen LogP contribution in [0.5, 0.6) is 0 Å². The molecule has 3 heteroatoms. The largest absolute Gasteiger partial charge is 0.545 e. The molecule has 0 atom stereocenters. The molecule has 0 bridgehead atoms. The summed E-state index contributed by atoms with van der Waals surface area (Å²) in [6.07, 6.45) is 20.3. The summed E-state index contributed by atoms with van der Waals surface area (Å²) in [4.78, 5) is 10.2. The maximum absolute atomic E-state index is 10.2. The number of carboxylic acids is 1. The zero-order chi connectivity index (χ0) is 21.7. The smallest absolute Gasteiger partial charge is 0.0739 e. The van der Waals surface area contributed by atoms with Crippen LogP contribution in [0.15, 0.2) is 24.3 Å². The lowest BCUT2D eigenvalue weighted by molar-refractivity contribution is -0.368. The number of hydrogen-bond acceptors (Lipinski definition) is 2. The number of quaternary nitrogens is 1. The summed E-state index contributed by atoms with van der Waals surface area (Å²) in [5, 5.41) is 10.2. The van der Waals surface area contributed by atoms with E-state index < -0.39 is 5.97 Å². The molecular weight excluding hydrogens is 358 g/mol. The first-order valence-electron chi connectivity index (χ1n) is 12.0. The van der Waals surface area contributed by atoms with Crippen LogP contribution in [0.25, 0.3) is 0 Å². The van der Waals surface area contributed by atoms with Crippen molar-refractivity contribution < 1.29 is 15.6 Å². The highest BCUT2D eigenvalue weighted by atomic mass is 16.4. The standard InChI is InChI=1S/C18H39N.C8H8O2/c1-18(2)16-14-12-10-8-6-4-3-5-7-9-11-13-15-17-19;1-6-2-4-7(5-3-6)8(9)10/h18H,3-17,19H2,1-2H3;2-5H,1H3,(H,9,10). The Kier molecular flexibility index (Phi) is 19.0. The van der Waals surface area contributed by atoms with Gasteiger partial charge in [-0.05, 0) is 31.2 Å². The number of rotatable bonds is 16. The Morgan fingerprint density at radius 3 is 1.48 bits per heavy atom. The minimum atomic E-state index is -1.12. The number of carbonyl (C=O) groups is 1. The van der Waals surface area contributed by atoms with Crippen LogP contribution >= 0.6 is 0 Å². The first-order chi connectivity index (χ1) is 14.0. The number of aryl methyl sites for hydroxylation is 1. The molecule has 0 heterocycles. The third-order valence-electron chi connectivity index (χ3n) is 5.32. The van der Waals surface area contributed by atoms with Crippen molar-refractivity contribution in [3.05, 3.63) is 35.4 Å². The molecule has 29 heavy (non-hydrogen) atoms. The topological polar surface area (TPSA) is 67.8 Å². The van der Waals surface area contributed by atoms with Crippen LogP contribution in [0.1, 0.15) is 120 Å². The molecule has 0 saturated heterocycles. The number of unbranched alkanes of at least 4 members (excludes halogenated alkanes) is 12. The zero-order valence-electron chi connectivity index (χ0n) is 19.5. The van der Waals surface area contributed by atoms with Gasteiger partial charge >= 0.3 is 0 Å². The van der Waals surface area contributed by atoms with Crippen LogP contribution in [0, 0.1) is 12.8 Å². The van der Waals surface area contributed by atoms with E-state index in [9.17, 15) is 9.90 Å². The van der Waals surface area contributed by atoms with Crippen molar-refractivity contribution in [1.29, 1.82) is 0 Å². The van der Waals surface area contributed by atoms with Crippen molar-refractivity contribution in [1.82, 2.24) is 0 Å². The quantitative estimate of drug-likeness (QED) is 0.358. The Labute approximate surface area is 180 Å². The minimum absolute atomic E-state index is 0.227. The predicted molar refractivity (Wildman–Crippen MR) is 123 cm³/mol. The van der Waals surface area contributed by atoms with Gasteiger partial charge in [0.1, 0.15) is 0 Å². The highest BCUT2D eigenvalue weighted by Crippen LogP contribution is 2.14. The van der Waals surface area contributed by atoms with E-state index in [2.05, 4.69) is 19.6 Å². The Morgan fingerprint density at radius 1 is 0.759 bits per heavy atom. The van der Waals surface area contributed by atoms with E-state index in [0.29, 0.717) is 0 Å². The molecule has 0 aliphatic heterocycles. The number of benzene rings is 1. The fraction of sp³-hybridized carbons (Fsp3) is 0.731. The summed E-state index contributed by atoms with van der Waals surface area (Å²) in [7, 11) is 0. The summed E-state index contributed by atoms with van der Waals surface area (Å²) >= 11 is 0. The van der Waals surface area contributed by atoms with E-state index >= 15 is 0 Å². The molecule has 0 aliphatic rings. The molecule has 0 fully saturated rings. The number of carbonyl (C=O) groups excluding carboxylic acids is 1. The molecule has 0 spiro atoms. The minimum Gasteiger partial charge on any atom is -0.545 e. The van der Waals surface area contributed by atoms with Crippen molar-refractivity contribution in [2.45, 2.75) is 111 Å². The van der Waals surface area contributed by atoms with Gasteiger partial charge in [0.15, 0.2) is 0 Å². The Hall–Kier alpha value is -1.35. The Balaban J connectivity index is 0.000000651. The third-order valence-corrected chi connectivity index (χ3v) is 5.32. The summed E-state index contributed by atoms with van der Waals surface area (Å²) in [5.41, 5.74) is 5.16. The summed E-state index contributed by atoms with van der Waals surface area (Å²) in [6.45, 7) is 7.69. The second kappa shape index (κ2) is 19.9. The van der Waals surface area contributed by atoms with E-state index in [1.807, 2.05) is 6.92 Å². The van der Waals surface area contributed by atoms with E-state index in [4.69, 9.17) is 0 Å². The van der Waals surface area contributed by atoms with Crippen LogP contribution in [0.4, 0.5) is 0 Å². The molecule has 0 amide bonds. The van der Waals surface area contributed by atoms with E-state index in [0.717, 1.165) is 18.0 Å². The van der Waals surface area contributed by atoms with E-state index in [-0.39, 0.29) is 5.56 Å². The number of aromatic carboxylic acids is 1. The summed E-state index contributed by atoms with van der Waals surface area (Å²) in [6, 6.07) is 6.55. The maximum atomic E-state index is 10.2. The second-order valence-corrected chi connectivity index (χ2v) is 8.79. The third kappa shape index (κ3) is 19.7. The van der Waals surface area contributed by atoms with Gasteiger partial charge in [-0.3, -0.25) is 0 Å². The van der Waals surface area contributed by atoms with Gasteiger partial charge in [0.25, 0.3) is 0 Å². The molecule has 3 N–H and O–H groups in total. The van der Waals surface area contributed by atoms with Gasteiger partial charge in [0, 0.05) is 0 Å². The van der Waals surface area contributed by atoms with Crippen molar-refractivity contribution in [3.63, 3.8) is 0 Å². The van der Waals surface area contributed by atoms with Crippen molar-refractivity contribution in [2.75, 3.05) is 6.54 Å². The number of carboxylic acid groups (broad SMARTS) is 1. The van der Waals surface area contributed by atoms with Crippen molar-refractivity contribution in [3.8, 4) is 0 Å². The lowest BCUT2D eigenvalue weighted by Gasteiger charge is -2.04. The highest BCUT2D eigenvalue weighted by molar-refractivity contribution is 5.85. The van der Waals surface area contributed by atoms with Crippen LogP contribution in [-0.4, -0.2) is 12.5 Å². The molecular formula is C26H47NO2. The van der Waals surface area contributed by atoms with Gasteiger partial charge < -0.3 is 15.6 Å². The van der Waals surface area contributed by atoms with Crippen LogP contribution < -0.4 is 10.8 Å².